The monoisotopic (exact) mass is 463 g/mol. The average molecular weight is 463 g/mol. The van der Waals surface area contributed by atoms with Gasteiger partial charge in [0.2, 0.25) is 5.91 Å². The lowest BCUT2D eigenvalue weighted by Crippen LogP contribution is -2.58. The summed E-state index contributed by atoms with van der Waals surface area (Å²) in [7, 11) is 1.46. The summed E-state index contributed by atoms with van der Waals surface area (Å²) < 4.78 is 57.5. The summed E-state index contributed by atoms with van der Waals surface area (Å²) in [5, 5.41) is 11.7. The standard InChI is InChI=1S/C22H21F4N5O2/c1-20(2)18(32)31(4)19(28)30-21(20,3)14-10-13(6-7-15(14)23)29-16-8-5-12(11-27)9-17(16)33-22(24,25)26/h5-10,29H,1-4H3,(H2,28,30)/t21-/m1/s1. The molecule has 1 aliphatic rings. The van der Waals surface area contributed by atoms with Crippen molar-refractivity contribution in [3.05, 3.63) is 53.3 Å². The van der Waals surface area contributed by atoms with Crippen LogP contribution in [-0.2, 0) is 10.3 Å². The molecular weight excluding hydrogens is 442 g/mol. The number of halogens is 4. The number of nitrogens with two attached hydrogens (primary N) is 1. The molecule has 3 N–H and O–H groups in total. The number of guanidine groups is 1. The van der Waals surface area contributed by atoms with Crippen molar-refractivity contribution in [1.29, 1.82) is 5.26 Å². The fourth-order valence-corrected chi connectivity index (χ4v) is 3.61. The van der Waals surface area contributed by atoms with Crippen LogP contribution < -0.4 is 15.8 Å². The zero-order chi connectivity index (χ0) is 24.8. The molecule has 33 heavy (non-hydrogen) atoms. The molecule has 0 aliphatic carbocycles. The van der Waals surface area contributed by atoms with Gasteiger partial charge in [0.15, 0.2) is 11.7 Å². The molecule has 0 radical (unpaired) electrons. The van der Waals surface area contributed by atoms with Crippen LogP contribution in [0, 0.1) is 22.6 Å². The molecule has 0 saturated carbocycles. The van der Waals surface area contributed by atoms with Gasteiger partial charge >= 0.3 is 6.36 Å². The van der Waals surface area contributed by atoms with E-state index in [-0.39, 0.29) is 34.4 Å². The van der Waals surface area contributed by atoms with Gasteiger partial charge < -0.3 is 15.8 Å². The predicted octanol–water partition coefficient (Wildman–Crippen LogP) is 4.37. The van der Waals surface area contributed by atoms with Crippen LogP contribution in [0.1, 0.15) is 31.9 Å². The first-order valence-corrected chi connectivity index (χ1v) is 9.70. The number of rotatable bonds is 4. The van der Waals surface area contributed by atoms with Gasteiger partial charge in [-0.25, -0.2) is 9.38 Å². The third-order valence-electron chi connectivity index (χ3n) is 5.84. The van der Waals surface area contributed by atoms with Crippen LogP contribution in [0.5, 0.6) is 5.75 Å². The number of benzene rings is 2. The number of nitrogens with one attached hydrogen (secondary N) is 1. The molecule has 7 nitrogen and oxygen atoms in total. The third-order valence-corrected chi connectivity index (χ3v) is 5.84. The van der Waals surface area contributed by atoms with E-state index in [0.29, 0.717) is 0 Å². The van der Waals surface area contributed by atoms with Crippen molar-refractivity contribution in [3.8, 4) is 11.8 Å². The second kappa shape index (κ2) is 7.95. The van der Waals surface area contributed by atoms with Crippen LogP contribution in [-0.4, -0.2) is 30.2 Å². The van der Waals surface area contributed by atoms with Crippen molar-refractivity contribution in [3.63, 3.8) is 0 Å². The van der Waals surface area contributed by atoms with Crippen LogP contribution in [0.4, 0.5) is 28.9 Å². The quantitative estimate of drug-likeness (QED) is 0.656. The normalized spacial score (nSPS) is 20.2. The van der Waals surface area contributed by atoms with Crippen LogP contribution in [0.2, 0.25) is 0 Å². The minimum absolute atomic E-state index is 0.0221. The van der Waals surface area contributed by atoms with Gasteiger partial charge in [-0.15, -0.1) is 13.2 Å². The predicted molar refractivity (Wildman–Crippen MR) is 113 cm³/mol. The number of carbonyl (C=O) groups excluding carboxylic acids is 1. The van der Waals surface area contributed by atoms with E-state index in [1.807, 2.05) is 0 Å². The average Bonchev–Trinajstić information content (AvgIpc) is 2.72. The molecule has 1 atom stereocenters. The Morgan fingerprint density at radius 1 is 1.18 bits per heavy atom. The van der Waals surface area contributed by atoms with Gasteiger partial charge in [0.05, 0.1) is 22.7 Å². The molecule has 1 aliphatic heterocycles. The summed E-state index contributed by atoms with van der Waals surface area (Å²) in [6.07, 6.45) is -4.99. The highest BCUT2D eigenvalue weighted by atomic mass is 19.4. The first-order chi connectivity index (χ1) is 15.2. The lowest BCUT2D eigenvalue weighted by molar-refractivity contribution is -0.274. The van der Waals surface area contributed by atoms with Crippen molar-refractivity contribution in [2.75, 3.05) is 12.4 Å². The number of anilines is 2. The topological polar surface area (TPSA) is 104 Å². The molecular formula is C22H21F4N5O2. The highest BCUT2D eigenvalue weighted by Crippen LogP contribution is 2.48. The van der Waals surface area contributed by atoms with Gasteiger partial charge in [0.1, 0.15) is 11.4 Å². The number of nitrogens with zero attached hydrogens (tertiary/aromatic N) is 3. The summed E-state index contributed by atoms with van der Waals surface area (Å²) in [6.45, 7) is 4.78. The maximum absolute atomic E-state index is 15.0. The van der Waals surface area contributed by atoms with Gasteiger partial charge in [0.25, 0.3) is 0 Å². The van der Waals surface area contributed by atoms with Crippen LogP contribution in [0.15, 0.2) is 41.4 Å². The Hall–Kier alpha value is -3.81. The molecule has 174 valence electrons. The Morgan fingerprint density at radius 2 is 1.85 bits per heavy atom. The van der Waals surface area contributed by atoms with E-state index in [1.165, 1.54) is 36.2 Å². The minimum atomic E-state index is -4.99. The lowest BCUT2D eigenvalue weighted by atomic mass is 9.67. The summed E-state index contributed by atoms with van der Waals surface area (Å²) in [5.74, 6) is -1.76. The Bertz CT molecular complexity index is 1190. The van der Waals surface area contributed by atoms with Gasteiger partial charge in [-0.05, 0) is 51.1 Å². The van der Waals surface area contributed by atoms with E-state index in [1.54, 1.807) is 26.8 Å². The number of nitriles is 1. The molecule has 2 aromatic rings. The van der Waals surface area contributed by atoms with Crippen LogP contribution in [0.25, 0.3) is 0 Å². The summed E-state index contributed by atoms with van der Waals surface area (Å²) >= 11 is 0. The zero-order valence-electron chi connectivity index (χ0n) is 18.2. The van der Waals surface area contributed by atoms with Gasteiger partial charge in [-0.2, -0.15) is 5.26 Å². The summed E-state index contributed by atoms with van der Waals surface area (Å²) in [4.78, 5) is 18.4. The molecule has 3 rings (SSSR count). The van der Waals surface area contributed by atoms with Crippen LogP contribution >= 0.6 is 0 Å². The molecule has 0 fully saturated rings. The number of hydrogen-bond donors (Lipinski definition) is 2. The molecule has 0 bridgehead atoms. The Labute approximate surface area is 187 Å². The van der Waals surface area contributed by atoms with Crippen molar-refractivity contribution in [1.82, 2.24) is 4.90 Å². The maximum Gasteiger partial charge on any atom is 0.573 e. The zero-order valence-corrected chi connectivity index (χ0v) is 18.2. The van der Waals surface area contributed by atoms with Crippen molar-refractivity contribution in [2.24, 2.45) is 16.1 Å². The molecule has 0 saturated heterocycles. The van der Waals surface area contributed by atoms with Crippen molar-refractivity contribution >= 4 is 23.2 Å². The van der Waals surface area contributed by atoms with Crippen molar-refractivity contribution < 1.29 is 27.1 Å². The smallest absolute Gasteiger partial charge is 0.404 e. The number of ether oxygens (including phenoxy) is 1. The van der Waals surface area contributed by atoms with Gasteiger partial charge in [-0.3, -0.25) is 9.69 Å². The number of aliphatic imine (C=N–C) groups is 1. The molecule has 11 heteroatoms. The molecule has 0 unspecified atom stereocenters. The summed E-state index contributed by atoms with van der Waals surface area (Å²) in [6, 6.07) is 9.00. The number of alkyl halides is 3. The first-order valence-electron chi connectivity index (χ1n) is 9.70. The maximum atomic E-state index is 15.0. The molecule has 1 amide bonds. The third kappa shape index (κ3) is 4.28. The van der Waals surface area contributed by atoms with E-state index in [2.05, 4.69) is 15.0 Å². The van der Waals surface area contributed by atoms with E-state index >= 15 is 0 Å². The molecule has 2 aromatic carbocycles. The van der Waals surface area contributed by atoms with Crippen LogP contribution in [0.3, 0.4) is 0 Å². The van der Waals surface area contributed by atoms with Crippen molar-refractivity contribution in [2.45, 2.75) is 32.7 Å². The van der Waals surface area contributed by atoms with E-state index in [0.717, 1.165) is 12.1 Å². The van der Waals surface area contributed by atoms with Gasteiger partial charge in [-0.1, -0.05) is 0 Å². The Kier molecular flexibility index (Phi) is 5.75. The number of carbonyl (C=O) groups is 1. The van der Waals surface area contributed by atoms with Gasteiger partial charge in [0, 0.05) is 24.4 Å². The fourth-order valence-electron chi connectivity index (χ4n) is 3.61. The fraction of sp³-hybridized carbons (Fsp3) is 0.318. The largest absolute Gasteiger partial charge is 0.573 e. The Morgan fingerprint density at radius 3 is 2.45 bits per heavy atom. The SMILES string of the molecule is CN1C(=O)C(C)(C)[C@@](C)(c2cc(Nc3ccc(C#N)cc3OC(F)(F)F)ccc2F)N=C1N. The lowest BCUT2D eigenvalue weighted by Gasteiger charge is -2.46. The second-order valence-electron chi connectivity index (χ2n) is 8.22. The number of amides is 1. The van der Waals surface area contributed by atoms with E-state index < -0.39 is 28.9 Å². The molecule has 0 spiro atoms. The van der Waals surface area contributed by atoms with E-state index in [9.17, 15) is 22.4 Å². The highest BCUT2D eigenvalue weighted by Gasteiger charge is 2.53. The van der Waals surface area contributed by atoms with E-state index in [4.69, 9.17) is 11.0 Å². The molecule has 1 heterocycles. The highest BCUT2D eigenvalue weighted by molar-refractivity contribution is 6.01. The first kappa shape index (κ1) is 23.8. The minimum Gasteiger partial charge on any atom is -0.404 e. The second-order valence-corrected chi connectivity index (χ2v) is 8.22. The summed E-state index contributed by atoms with van der Waals surface area (Å²) in [5.41, 5.74) is 3.38. The Balaban J connectivity index is 2.09. The number of hydrogen-bond acceptors (Lipinski definition) is 6. The molecule has 0 aromatic heterocycles.